The number of hydrogen-bond acceptors (Lipinski definition) is 3. The molecule has 102 valence electrons. The van der Waals surface area contributed by atoms with Crippen LogP contribution in [-0.2, 0) is 9.59 Å². The van der Waals surface area contributed by atoms with E-state index < -0.39 is 29.5 Å². The van der Waals surface area contributed by atoms with Gasteiger partial charge in [0.1, 0.15) is 11.6 Å². The number of carboxylic acids is 1. The van der Waals surface area contributed by atoms with Crippen molar-refractivity contribution >= 4 is 17.9 Å². The quantitative estimate of drug-likeness (QED) is 0.655. The molecule has 1 saturated heterocycles. The van der Waals surface area contributed by atoms with Crippen molar-refractivity contribution in [1.29, 1.82) is 0 Å². The molecule has 1 aliphatic heterocycles. The van der Waals surface area contributed by atoms with Crippen LogP contribution in [0.3, 0.4) is 0 Å². The lowest BCUT2D eigenvalue weighted by Crippen LogP contribution is -2.61. The predicted octanol–water partition coefficient (Wildman–Crippen LogP) is -0.101. The summed E-state index contributed by atoms with van der Waals surface area (Å²) >= 11 is 0. The monoisotopic (exact) mass is 257 g/mol. The number of carbonyl (C=O) groups is 3. The van der Waals surface area contributed by atoms with E-state index in [1.54, 1.807) is 0 Å². The molecule has 18 heavy (non-hydrogen) atoms. The van der Waals surface area contributed by atoms with Crippen molar-refractivity contribution in [3.05, 3.63) is 0 Å². The Kier molecular flexibility index (Phi) is 4.15. The van der Waals surface area contributed by atoms with Crippen LogP contribution in [0.1, 0.15) is 33.1 Å². The molecule has 7 heteroatoms. The third-order valence-electron chi connectivity index (χ3n) is 3.35. The van der Waals surface area contributed by atoms with Crippen LogP contribution < -0.4 is 11.1 Å². The van der Waals surface area contributed by atoms with E-state index in [0.717, 1.165) is 12.8 Å². The van der Waals surface area contributed by atoms with Gasteiger partial charge in [-0.25, -0.2) is 9.59 Å². The molecule has 0 aromatic rings. The van der Waals surface area contributed by atoms with Crippen LogP contribution in [0.2, 0.25) is 0 Å². The van der Waals surface area contributed by atoms with Crippen molar-refractivity contribution in [2.75, 3.05) is 6.54 Å². The van der Waals surface area contributed by atoms with Crippen molar-refractivity contribution in [3.63, 3.8) is 0 Å². The highest BCUT2D eigenvalue weighted by molar-refractivity contribution is 5.91. The largest absolute Gasteiger partial charge is 0.480 e. The van der Waals surface area contributed by atoms with E-state index in [1.807, 2.05) is 0 Å². The van der Waals surface area contributed by atoms with E-state index in [4.69, 9.17) is 5.73 Å². The number of nitrogens with one attached hydrogen (secondary N) is 1. The normalized spacial score (nSPS) is 25.3. The summed E-state index contributed by atoms with van der Waals surface area (Å²) in [5.41, 5.74) is 3.75. The fraction of sp³-hybridized carbons (Fsp3) is 0.727. The highest BCUT2D eigenvalue weighted by atomic mass is 16.4. The molecule has 2 atom stereocenters. The summed E-state index contributed by atoms with van der Waals surface area (Å²) in [5.74, 6) is -1.44. The molecular formula is C11H19N3O4. The number of likely N-dealkylation sites (tertiary alicyclic amines) is 1. The molecule has 1 rings (SSSR count). The number of rotatable bonds is 3. The molecule has 0 bridgehead atoms. The van der Waals surface area contributed by atoms with Crippen LogP contribution in [0.25, 0.3) is 0 Å². The highest BCUT2D eigenvalue weighted by Gasteiger charge is 2.44. The lowest BCUT2D eigenvalue weighted by molar-refractivity contribution is -0.161. The minimum atomic E-state index is -1.21. The average Bonchev–Trinajstić information content (AvgIpc) is 2.27. The second kappa shape index (κ2) is 5.24. The maximum Gasteiger partial charge on any atom is 0.329 e. The van der Waals surface area contributed by atoms with Crippen molar-refractivity contribution in [2.45, 2.75) is 44.7 Å². The average molecular weight is 257 g/mol. The van der Waals surface area contributed by atoms with Gasteiger partial charge in [-0.05, 0) is 33.1 Å². The van der Waals surface area contributed by atoms with Crippen molar-refractivity contribution in [2.24, 2.45) is 5.73 Å². The number of amides is 3. The number of aliphatic carboxylic acids is 1. The first kappa shape index (κ1) is 14.3. The Bertz CT molecular complexity index is 371. The van der Waals surface area contributed by atoms with Crippen LogP contribution >= 0.6 is 0 Å². The number of piperidine rings is 1. The number of carbonyl (C=O) groups excluding carboxylic acids is 2. The van der Waals surface area contributed by atoms with Gasteiger partial charge in [0.15, 0.2) is 0 Å². The Labute approximate surface area is 105 Å². The van der Waals surface area contributed by atoms with Gasteiger partial charge in [-0.3, -0.25) is 4.79 Å². The van der Waals surface area contributed by atoms with Crippen molar-refractivity contribution < 1.29 is 19.5 Å². The van der Waals surface area contributed by atoms with Gasteiger partial charge >= 0.3 is 12.0 Å². The van der Waals surface area contributed by atoms with Gasteiger partial charge < -0.3 is 21.1 Å². The number of primary amides is 1. The highest BCUT2D eigenvalue weighted by Crippen LogP contribution is 2.28. The molecule has 0 aromatic heterocycles. The molecule has 1 fully saturated rings. The van der Waals surface area contributed by atoms with E-state index in [0.29, 0.717) is 13.0 Å². The van der Waals surface area contributed by atoms with Gasteiger partial charge in [0.25, 0.3) is 0 Å². The summed E-state index contributed by atoms with van der Waals surface area (Å²) in [6.45, 7) is 3.40. The fourth-order valence-corrected chi connectivity index (χ4v) is 2.21. The summed E-state index contributed by atoms with van der Waals surface area (Å²) in [6.07, 6.45) is 1.94. The lowest BCUT2D eigenvalue weighted by atomic mass is 9.88. The SMILES string of the molecule is CC(NC(N)=O)C(=O)N1CCCCC1(C)C(=O)O. The van der Waals surface area contributed by atoms with E-state index >= 15 is 0 Å². The van der Waals surface area contributed by atoms with Crippen molar-refractivity contribution in [1.82, 2.24) is 10.2 Å². The minimum Gasteiger partial charge on any atom is -0.480 e. The Morgan fingerprint density at radius 1 is 1.39 bits per heavy atom. The van der Waals surface area contributed by atoms with E-state index in [1.165, 1.54) is 18.7 Å². The molecule has 1 aliphatic rings. The third kappa shape index (κ3) is 2.72. The van der Waals surface area contributed by atoms with Gasteiger partial charge in [0.05, 0.1) is 0 Å². The molecule has 3 amide bonds. The maximum atomic E-state index is 12.1. The second-order valence-electron chi connectivity index (χ2n) is 4.76. The lowest BCUT2D eigenvalue weighted by Gasteiger charge is -2.42. The molecule has 0 saturated carbocycles. The van der Waals surface area contributed by atoms with Gasteiger partial charge in [0.2, 0.25) is 5.91 Å². The minimum absolute atomic E-state index is 0.381. The van der Waals surface area contributed by atoms with Crippen LogP contribution in [0.15, 0.2) is 0 Å². The van der Waals surface area contributed by atoms with Gasteiger partial charge in [0, 0.05) is 6.54 Å². The molecule has 1 heterocycles. The first-order chi connectivity index (χ1) is 8.29. The maximum absolute atomic E-state index is 12.1. The van der Waals surface area contributed by atoms with E-state index in [9.17, 15) is 19.5 Å². The van der Waals surface area contributed by atoms with E-state index in [2.05, 4.69) is 5.32 Å². The summed E-state index contributed by atoms with van der Waals surface area (Å²) in [5, 5.41) is 11.5. The molecular weight excluding hydrogens is 238 g/mol. The summed E-state index contributed by atoms with van der Waals surface area (Å²) < 4.78 is 0. The number of nitrogens with zero attached hydrogens (tertiary/aromatic N) is 1. The predicted molar refractivity (Wildman–Crippen MR) is 63.8 cm³/mol. The first-order valence-electron chi connectivity index (χ1n) is 5.90. The zero-order valence-electron chi connectivity index (χ0n) is 10.6. The van der Waals surface area contributed by atoms with Crippen LogP contribution in [0, 0.1) is 0 Å². The summed E-state index contributed by atoms with van der Waals surface area (Å²) in [4.78, 5) is 35.5. The zero-order valence-corrected chi connectivity index (χ0v) is 10.6. The summed E-state index contributed by atoms with van der Waals surface area (Å²) in [6, 6.07) is -1.62. The summed E-state index contributed by atoms with van der Waals surface area (Å²) in [7, 11) is 0. The molecule has 4 N–H and O–H groups in total. The zero-order chi connectivity index (χ0) is 13.9. The van der Waals surface area contributed by atoms with Gasteiger partial charge in [-0.1, -0.05) is 0 Å². The smallest absolute Gasteiger partial charge is 0.329 e. The molecule has 0 spiro atoms. The molecule has 0 aromatic carbocycles. The Balaban J connectivity index is 2.87. The fourth-order valence-electron chi connectivity index (χ4n) is 2.21. The number of hydrogen-bond donors (Lipinski definition) is 3. The topological polar surface area (TPSA) is 113 Å². The van der Waals surface area contributed by atoms with Crippen LogP contribution in [0.5, 0.6) is 0 Å². The van der Waals surface area contributed by atoms with Crippen LogP contribution in [-0.4, -0.2) is 46.0 Å². The van der Waals surface area contributed by atoms with Gasteiger partial charge in [-0.15, -0.1) is 0 Å². The molecule has 2 unspecified atom stereocenters. The third-order valence-corrected chi connectivity index (χ3v) is 3.35. The van der Waals surface area contributed by atoms with Crippen molar-refractivity contribution in [3.8, 4) is 0 Å². The number of urea groups is 1. The van der Waals surface area contributed by atoms with Crippen LogP contribution in [0.4, 0.5) is 4.79 Å². The van der Waals surface area contributed by atoms with E-state index in [-0.39, 0.29) is 0 Å². The van der Waals surface area contributed by atoms with Gasteiger partial charge in [-0.2, -0.15) is 0 Å². The standard InChI is InChI=1S/C11H19N3O4/c1-7(13-10(12)18)8(15)14-6-4-3-5-11(14,2)9(16)17/h7H,3-6H2,1-2H3,(H,16,17)(H3,12,13,18). The Morgan fingerprint density at radius 2 is 2.00 bits per heavy atom. The first-order valence-corrected chi connectivity index (χ1v) is 5.90. The molecule has 0 radical (unpaired) electrons. The number of carboxylic acid groups (broad SMARTS) is 1. The number of nitrogens with two attached hydrogens (primary N) is 1. The molecule has 7 nitrogen and oxygen atoms in total. The second-order valence-corrected chi connectivity index (χ2v) is 4.76. The Hall–Kier alpha value is -1.79. The molecule has 0 aliphatic carbocycles. The Morgan fingerprint density at radius 3 is 2.50 bits per heavy atom.